The zero-order valence-electron chi connectivity index (χ0n) is 14.6. The number of carbonyl (C=O) groups excluding carboxylic acids is 1. The summed E-state index contributed by atoms with van der Waals surface area (Å²) in [6.07, 6.45) is 0. The molecule has 0 aliphatic heterocycles. The highest BCUT2D eigenvalue weighted by Gasteiger charge is 2.14. The fraction of sp³-hybridized carbons (Fsp3) is 0.250. The first kappa shape index (κ1) is 16.9. The van der Waals surface area contributed by atoms with Crippen molar-refractivity contribution in [2.24, 2.45) is 5.92 Å². The van der Waals surface area contributed by atoms with E-state index in [1.54, 1.807) is 12.1 Å². The Kier molecular flexibility index (Phi) is 4.93. The summed E-state index contributed by atoms with van der Waals surface area (Å²) in [4.78, 5) is 12.2. The molecule has 0 unspecified atom stereocenters. The Morgan fingerprint density at radius 2 is 1.44 bits per heavy atom. The number of aromatic nitrogens is 2. The van der Waals surface area contributed by atoms with E-state index in [4.69, 9.17) is 4.42 Å². The summed E-state index contributed by atoms with van der Waals surface area (Å²) in [7, 11) is 0. The topological polar surface area (TPSA) is 68.0 Å². The zero-order valence-corrected chi connectivity index (χ0v) is 14.6. The van der Waals surface area contributed by atoms with Crippen LogP contribution in [0.1, 0.15) is 31.1 Å². The molecule has 25 heavy (non-hydrogen) atoms. The van der Waals surface area contributed by atoms with Crippen molar-refractivity contribution < 1.29 is 9.21 Å². The Labute approximate surface area is 147 Å². The lowest BCUT2D eigenvalue weighted by Gasteiger charge is -2.17. The summed E-state index contributed by atoms with van der Waals surface area (Å²) in [5.74, 6) is 1.21. The second kappa shape index (κ2) is 7.30. The quantitative estimate of drug-likeness (QED) is 0.759. The standard InChI is InChI=1S/C20H21N3O2/c1-13(2)14(3)21-18(24)15-9-11-17(12-10-15)20-23-22-19(25-20)16-7-5-4-6-8-16/h4-14H,1-3H3,(H,21,24)/t14-/m0/s1. The third-order valence-corrected chi connectivity index (χ3v) is 4.20. The molecule has 3 rings (SSSR count). The normalized spacial score (nSPS) is 12.2. The second-order valence-electron chi connectivity index (χ2n) is 6.36. The highest BCUT2D eigenvalue weighted by Crippen LogP contribution is 2.23. The summed E-state index contributed by atoms with van der Waals surface area (Å²) in [5.41, 5.74) is 2.27. The molecule has 3 aromatic rings. The number of nitrogens with zero attached hydrogens (tertiary/aromatic N) is 2. The number of carbonyl (C=O) groups is 1. The van der Waals surface area contributed by atoms with Gasteiger partial charge in [-0.3, -0.25) is 4.79 Å². The molecule has 1 atom stereocenters. The van der Waals surface area contributed by atoms with E-state index in [1.165, 1.54) is 0 Å². The van der Waals surface area contributed by atoms with Crippen molar-refractivity contribution in [3.05, 3.63) is 60.2 Å². The molecule has 0 bridgehead atoms. The molecule has 0 aliphatic carbocycles. The minimum absolute atomic E-state index is 0.0803. The van der Waals surface area contributed by atoms with Crippen LogP contribution >= 0.6 is 0 Å². The van der Waals surface area contributed by atoms with Crippen LogP contribution in [0.15, 0.2) is 59.0 Å². The molecular formula is C20H21N3O2. The van der Waals surface area contributed by atoms with E-state index in [0.717, 1.165) is 11.1 Å². The average Bonchev–Trinajstić information content (AvgIpc) is 3.12. The van der Waals surface area contributed by atoms with Gasteiger partial charge in [-0.05, 0) is 49.2 Å². The van der Waals surface area contributed by atoms with Crippen LogP contribution in [-0.2, 0) is 0 Å². The molecule has 0 saturated carbocycles. The summed E-state index contributed by atoms with van der Waals surface area (Å²) in [6, 6.07) is 16.9. The molecule has 2 aromatic carbocycles. The first-order valence-electron chi connectivity index (χ1n) is 8.35. The summed E-state index contributed by atoms with van der Waals surface area (Å²) >= 11 is 0. The van der Waals surface area contributed by atoms with Crippen LogP contribution < -0.4 is 5.32 Å². The number of rotatable bonds is 5. The summed E-state index contributed by atoms with van der Waals surface area (Å²) in [6.45, 7) is 6.16. The van der Waals surface area contributed by atoms with Crippen LogP contribution in [0.25, 0.3) is 22.9 Å². The molecular weight excluding hydrogens is 314 g/mol. The van der Waals surface area contributed by atoms with Gasteiger partial charge in [-0.15, -0.1) is 10.2 Å². The van der Waals surface area contributed by atoms with Gasteiger partial charge in [0, 0.05) is 22.7 Å². The highest BCUT2D eigenvalue weighted by molar-refractivity contribution is 5.94. The van der Waals surface area contributed by atoms with E-state index in [2.05, 4.69) is 29.4 Å². The molecule has 1 N–H and O–H groups in total. The van der Waals surface area contributed by atoms with Crippen molar-refractivity contribution in [1.82, 2.24) is 15.5 Å². The van der Waals surface area contributed by atoms with Gasteiger partial charge in [-0.25, -0.2) is 0 Å². The SMILES string of the molecule is CC(C)[C@H](C)NC(=O)c1ccc(-c2nnc(-c3ccccc3)o2)cc1. The molecule has 5 nitrogen and oxygen atoms in total. The second-order valence-corrected chi connectivity index (χ2v) is 6.36. The number of benzene rings is 2. The summed E-state index contributed by atoms with van der Waals surface area (Å²) in [5, 5.41) is 11.2. The Bertz CT molecular complexity index is 839. The third-order valence-electron chi connectivity index (χ3n) is 4.20. The first-order chi connectivity index (χ1) is 12.0. The van der Waals surface area contributed by atoms with Gasteiger partial charge in [0.2, 0.25) is 11.8 Å². The van der Waals surface area contributed by atoms with E-state index in [-0.39, 0.29) is 11.9 Å². The van der Waals surface area contributed by atoms with Crippen molar-refractivity contribution >= 4 is 5.91 Å². The Hall–Kier alpha value is -2.95. The van der Waals surface area contributed by atoms with Gasteiger partial charge in [-0.2, -0.15) is 0 Å². The maximum Gasteiger partial charge on any atom is 0.251 e. The Balaban J connectivity index is 1.75. The zero-order chi connectivity index (χ0) is 17.8. The van der Waals surface area contributed by atoms with E-state index >= 15 is 0 Å². The Morgan fingerprint density at radius 1 is 0.880 bits per heavy atom. The molecule has 128 valence electrons. The predicted molar refractivity (Wildman–Crippen MR) is 96.9 cm³/mol. The third kappa shape index (κ3) is 3.94. The molecule has 1 aromatic heterocycles. The van der Waals surface area contributed by atoms with Gasteiger partial charge in [-0.1, -0.05) is 32.0 Å². The lowest BCUT2D eigenvalue weighted by Crippen LogP contribution is -2.36. The number of amides is 1. The van der Waals surface area contributed by atoms with Gasteiger partial charge in [0.05, 0.1) is 0 Å². The van der Waals surface area contributed by atoms with Gasteiger partial charge < -0.3 is 9.73 Å². The van der Waals surface area contributed by atoms with Crippen molar-refractivity contribution in [2.75, 3.05) is 0 Å². The van der Waals surface area contributed by atoms with Crippen molar-refractivity contribution in [2.45, 2.75) is 26.8 Å². The van der Waals surface area contributed by atoms with Crippen molar-refractivity contribution in [3.8, 4) is 22.9 Å². The van der Waals surface area contributed by atoms with E-state index < -0.39 is 0 Å². The van der Waals surface area contributed by atoms with E-state index in [0.29, 0.717) is 23.3 Å². The van der Waals surface area contributed by atoms with Gasteiger partial charge in [0.25, 0.3) is 5.91 Å². The number of hydrogen-bond acceptors (Lipinski definition) is 4. The summed E-state index contributed by atoms with van der Waals surface area (Å²) < 4.78 is 5.73. The van der Waals surface area contributed by atoms with Crippen molar-refractivity contribution in [3.63, 3.8) is 0 Å². The van der Waals surface area contributed by atoms with E-state index in [9.17, 15) is 4.79 Å². The maximum absolute atomic E-state index is 12.2. The van der Waals surface area contributed by atoms with E-state index in [1.807, 2.05) is 49.4 Å². The lowest BCUT2D eigenvalue weighted by molar-refractivity contribution is 0.0930. The largest absolute Gasteiger partial charge is 0.416 e. The number of hydrogen-bond donors (Lipinski definition) is 1. The molecule has 1 heterocycles. The maximum atomic E-state index is 12.2. The van der Waals surface area contributed by atoms with Crippen LogP contribution in [0.2, 0.25) is 0 Å². The fourth-order valence-corrected chi connectivity index (χ4v) is 2.26. The molecule has 0 saturated heterocycles. The predicted octanol–water partition coefficient (Wildman–Crippen LogP) is 4.18. The van der Waals surface area contributed by atoms with Gasteiger partial charge in [0.1, 0.15) is 0 Å². The fourth-order valence-electron chi connectivity index (χ4n) is 2.26. The van der Waals surface area contributed by atoms with Crippen LogP contribution in [0, 0.1) is 5.92 Å². The highest BCUT2D eigenvalue weighted by atomic mass is 16.4. The molecule has 5 heteroatoms. The van der Waals surface area contributed by atoms with Gasteiger partial charge >= 0.3 is 0 Å². The molecule has 0 spiro atoms. The molecule has 1 amide bonds. The van der Waals surface area contributed by atoms with Crippen LogP contribution in [0.3, 0.4) is 0 Å². The lowest BCUT2D eigenvalue weighted by atomic mass is 10.1. The Morgan fingerprint density at radius 3 is 2.00 bits per heavy atom. The molecule has 0 fully saturated rings. The van der Waals surface area contributed by atoms with Crippen LogP contribution in [-0.4, -0.2) is 22.1 Å². The number of nitrogens with one attached hydrogen (secondary N) is 1. The van der Waals surface area contributed by atoms with Crippen LogP contribution in [0.4, 0.5) is 0 Å². The van der Waals surface area contributed by atoms with Crippen LogP contribution in [0.5, 0.6) is 0 Å². The molecule has 0 aliphatic rings. The minimum Gasteiger partial charge on any atom is -0.416 e. The smallest absolute Gasteiger partial charge is 0.251 e. The molecule has 0 radical (unpaired) electrons. The first-order valence-corrected chi connectivity index (χ1v) is 8.35. The van der Waals surface area contributed by atoms with Gasteiger partial charge in [0.15, 0.2) is 0 Å². The van der Waals surface area contributed by atoms with Crippen molar-refractivity contribution in [1.29, 1.82) is 0 Å². The minimum atomic E-state index is -0.0803. The monoisotopic (exact) mass is 335 g/mol. The average molecular weight is 335 g/mol.